The number of aryl methyl sites for hydroxylation is 1. The Kier molecular flexibility index (Phi) is 6.85. The number of carbonyl (C=O) groups excluding carboxylic acids is 1. The van der Waals surface area contributed by atoms with Crippen molar-refractivity contribution in [2.45, 2.75) is 39.8 Å². The van der Waals surface area contributed by atoms with Gasteiger partial charge in [0.1, 0.15) is 5.75 Å². The molecular weight excluding hydrogens is 364 g/mol. The largest absolute Gasteiger partial charge is 0.383 e. The minimum atomic E-state index is -3.56. The highest BCUT2D eigenvalue weighted by molar-refractivity contribution is 7.86. The van der Waals surface area contributed by atoms with Gasteiger partial charge in [0.05, 0.1) is 6.26 Å². The fourth-order valence-corrected chi connectivity index (χ4v) is 2.96. The third-order valence-corrected chi connectivity index (χ3v) is 4.71. The van der Waals surface area contributed by atoms with Crippen LogP contribution in [-0.2, 0) is 16.7 Å². The van der Waals surface area contributed by atoms with Gasteiger partial charge >= 0.3 is 16.1 Å². The molecule has 0 aliphatic rings. The summed E-state index contributed by atoms with van der Waals surface area (Å²) in [6.45, 7) is 6.43. The molecule has 0 radical (unpaired) electrons. The molecule has 2 aromatic rings. The van der Waals surface area contributed by atoms with Crippen LogP contribution in [0, 0.1) is 6.92 Å². The van der Waals surface area contributed by atoms with Crippen LogP contribution in [0.3, 0.4) is 0 Å². The second-order valence-electron chi connectivity index (χ2n) is 6.61. The van der Waals surface area contributed by atoms with E-state index >= 15 is 0 Å². The lowest BCUT2D eigenvalue weighted by molar-refractivity contribution is 0.187. The molecule has 0 bridgehead atoms. The van der Waals surface area contributed by atoms with E-state index in [1.54, 1.807) is 29.2 Å². The monoisotopic (exact) mass is 390 g/mol. The average molecular weight is 391 g/mol. The fourth-order valence-electron chi connectivity index (χ4n) is 2.50. The van der Waals surface area contributed by atoms with E-state index in [1.165, 1.54) is 0 Å². The maximum atomic E-state index is 12.8. The van der Waals surface area contributed by atoms with Crippen LogP contribution in [0.1, 0.15) is 31.4 Å². The summed E-state index contributed by atoms with van der Waals surface area (Å²) in [5.41, 5.74) is 2.76. The molecule has 0 unspecified atom stereocenters. The lowest BCUT2D eigenvalue weighted by atomic mass is 10.1. The molecule has 0 aromatic heterocycles. The number of benzene rings is 2. The van der Waals surface area contributed by atoms with Gasteiger partial charge in [-0.05, 0) is 50.1 Å². The summed E-state index contributed by atoms with van der Waals surface area (Å²) in [6.07, 6.45) is 1.82. The Hall–Kier alpha value is -2.54. The summed E-state index contributed by atoms with van der Waals surface area (Å²) >= 11 is 0. The standard InChI is InChI=1S/C20H26N2O4S/c1-5-16(3)22(20(23)21-18-10-6-15(2)7-11-18)14-17-8-12-19(13-9-17)26-27(4,24)25/h6-13,16H,5,14H2,1-4H3,(H,21,23)/t16-/m1/s1. The number of nitrogens with zero attached hydrogens (tertiary/aromatic N) is 1. The molecule has 1 N–H and O–H groups in total. The van der Waals surface area contributed by atoms with E-state index in [4.69, 9.17) is 4.18 Å². The summed E-state index contributed by atoms with van der Waals surface area (Å²) in [7, 11) is -3.56. The summed E-state index contributed by atoms with van der Waals surface area (Å²) in [4.78, 5) is 14.5. The van der Waals surface area contributed by atoms with Crippen LogP contribution in [0.25, 0.3) is 0 Å². The summed E-state index contributed by atoms with van der Waals surface area (Å²) < 4.78 is 27.2. The van der Waals surface area contributed by atoms with E-state index in [9.17, 15) is 13.2 Å². The van der Waals surface area contributed by atoms with Crippen molar-refractivity contribution in [3.05, 3.63) is 59.7 Å². The molecule has 6 nitrogen and oxygen atoms in total. The molecule has 0 saturated heterocycles. The van der Waals surface area contributed by atoms with Gasteiger partial charge in [-0.15, -0.1) is 0 Å². The number of urea groups is 1. The predicted molar refractivity (Wildman–Crippen MR) is 107 cm³/mol. The minimum Gasteiger partial charge on any atom is -0.383 e. The zero-order valence-corrected chi connectivity index (χ0v) is 16.9. The Balaban J connectivity index is 2.11. The molecule has 2 rings (SSSR count). The summed E-state index contributed by atoms with van der Waals surface area (Å²) in [5, 5.41) is 2.93. The molecular formula is C20H26N2O4S. The van der Waals surface area contributed by atoms with Gasteiger partial charge in [0.25, 0.3) is 0 Å². The van der Waals surface area contributed by atoms with Crippen LogP contribution in [0.15, 0.2) is 48.5 Å². The van der Waals surface area contributed by atoms with Crippen LogP contribution < -0.4 is 9.50 Å². The van der Waals surface area contributed by atoms with Crippen LogP contribution in [0.4, 0.5) is 10.5 Å². The SMILES string of the molecule is CC[C@@H](C)N(Cc1ccc(OS(C)(=O)=O)cc1)C(=O)Nc1ccc(C)cc1. The molecule has 0 aliphatic heterocycles. The number of amides is 2. The topological polar surface area (TPSA) is 75.7 Å². The zero-order chi connectivity index (χ0) is 20.0. The molecule has 7 heteroatoms. The lowest BCUT2D eigenvalue weighted by Gasteiger charge is -2.29. The highest BCUT2D eigenvalue weighted by atomic mass is 32.2. The highest BCUT2D eigenvalue weighted by Crippen LogP contribution is 2.18. The molecule has 0 fully saturated rings. The molecule has 2 aromatic carbocycles. The number of rotatable bonds is 7. The number of anilines is 1. The summed E-state index contributed by atoms with van der Waals surface area (Å²) in [6, 6.07) is 14.2. The minimum absolute atomic E-state index is 0.0439. The molecule has 146 valence electrons. The van der Waals surface area contributed by atoms with Crippen molar-refractivity contribution in [3.63, 3.8) is 0 Å². The van der Waals surface area contributed by atoms with E-state index in [0.29, 0.717) is 6.54 Å². The average Bonchev–Trinajstić information content (AvgIpc) is 2.61. The predicted octanol–water partition coefficient (Wildman–Crippen LogP) is 4.17. The van der Waals surface area contributed by atoms with Crippen molar-refractivity contribution in [3.8, 4) is 5.75 Å². The number of nitrogens with one attached hydrogen (secondary N) is 1. The molecule has 1 atom stereocenters. The van der Waals surface area contributed by atoms with Gasteiger partial charge in [-0.1, -0.05) is 36.8 Å². The molecule has 0 saturated carbocycles. The Labute approximate surface area is 161 Å². The van der Waals surface area contributed by atoms with E-state index in [2.05, 4.69) is 5.32 Å². The van der Waals surface area contributed by atoms with Crippen LogP contribution in [0.2, 0.25) is 0 Å². The van der Waals surface area contributed by atoms with Crippen molar-refractivity contribution >= 4 is 21.8 Å². The van der Waals surface area contributed by atoms with Gasteiger partial charge in [0, 0.05) is 18.3 Å². The third-order valence-electron chi connectivity index (χ3n) is 4.21. The molecule has 0 aliphatic carbocycles. The van der Waals surface area contributed by atoms with Gasteiger partial charge < -0.3 is 14.4 Å². The fraction of sp³-hybridized carbons (Fsp3) is 0.350. The molecule has 0 heterocycles. The second kappa shape index (κ2) is 8.90. The summed E-state index contributed by atoms with van der Waals surface area (Å²) in [5.74, 6) is 0.250. The van der Waals surface area contributed by atoms with Crippen LogP contribution in [0.5, 0.6) is 5.75 Å². The number of hydrogen-bond donors (Lipinski definition) is 1. The second-order valence-corrected chi connectivity index (χ2v) is 8.19. The Morgan fingerprint density at radius 1 is 1.11 bits per heavy atom. The lowest BCUT2D eigenvalue weighted by Crippen LogP contribution is -2.40. The first-order valence-electron chi connectivity index (χ1n) is 8.80. The normalized spacial score (nSPS) is 12.3. The van der Waals surface area contributed by atoms with E-state index in [1.807, 2.05) is 45.0 Å². The number of hydrogen-bond acceptors (Lipinski definition) is 4. The smallest absolute Gasteiger partial charge is 0.322 e. The first-order valence-corrected chi connectivity index (χ1v) is 10.6. The maximum absolute atomic E-state index is 12.8. The Morgan fingerprint density at radius 2 is 1.70 bits per heavy atom. The van der Waals surface area contributed by atoms with E-state index < -0.39 is 10.1 Å². The Bertz CT molecular complexity index is 862. The van der Waals surface area contributed by atoms with Crippen molar-refractivity contribution < 1.29 is 17.4 Å². The first-order chi connectivity index (χ1) is 12.7. The van der Waals surface area contributed by atoms with Crippen LogP contribution >= 0.6 is 0 Å². The van der Waals surface area contributed by atoms with Crippen molar-refractivity contribution in [1.82, 2.24) is 4.90 Å². The maximum Gasteiger partial charge on any atom is 0.322 e. The molecule has 27 heavy (non-hydrogen) atoms. The first kappa shape index (κ1) is 20.8. The zero-order valence-electron chi connectivity index (χ0n) is 16.1. The van der Waals surface area contributed by atoms with E-state index in [0.717, 1.165) is 29.5 Å². The third kappa shape index (κ3) is 6.60. The van der Waals surface area contributed by atoms with Crippen molar-refractivity contribution in [1.29, 1.82) is 0 Å². The molecule has 2 amide bonds. The van der Waals surface area contributed by atoms with E-state index in [-0.39, 0.29) is 17.8 Å². The van der Waals surface area contributed by atoms with Gasteiger partial charge in [-0.2, -0.15) is 8.42 Å². The number of carbonyl (C=O) groups is 1. The van der Waals surface area contributed by atoms with Gasteiger partial charge in [0.15, 0.2) is 0 Å². The highest BCUT2D eigenvalue weighted by Gasteiger charge is 2.19. The molecule has 0 spiro atoms. The van der Waals surface area contributed by atoms with Gasteiger partial charge in [-0.25, -0.2) is 4.79 Å². The van der Waals surface area contributed by atoms with Crippen molar-refractivity contribution in [2.24, 2.45) is 0 Å². The quantitative estimate of drug-likeness (QED) is 0.720. The Morgan fingerprint density at radius 3 is 2.22 bits per heavy atom. The van der Waals surface area contributed by atoms with Gasteiger partial charge in [0.2, 0.25) is 0 Å². The van der Waals surface area contributed by atoms with Crippen LogP contribution in [-0.4, -0.2) is 31.6 Å². The van der Waals surface area contributed by atoms with Crippen molar-refractivity contribution in [2.75, 3.05) is 11.6 Å². The van der Waals surface area contributed by atoms with Gasteiger partial charge in [-0.3, -0.25) is 0 Å².